The van der Waals surface area contributed by atoms with Crippen LogP contribution in [-0.2, 0) is 20.9 Å². The molecule has 5 nitrogen and oxygen atoms in total. The van der Waals surface area contributed by atoms with Crippen LogP contribution in [0.25, 0.3) is 0 Å². The van der Waals surface area contributed by atoms with E-state index in [2.05, 4.69) is 0 Å². The number of thiol groups is 1. The Labute approximate surface area is 67.9 Å². The molecule has 0 aliphatic rings. The minimum atomic E-state index is -5.74. The summed E-state index contributed by atoms with van der Waals surface area (Å²) in [5, 5.41) is 0. The molecule has 0 saturated heterocycles. The first-order chi connectivity index (χ1) is 5.10. The van der Waals surface area contributed by atoms with E-state index in [1.54, 1.807) is 0 Å². The second-order valence-electron chi connectivity index (χ2n) is 1.62. The first kappa shape index (κ1) is 11.6. The fourth-order valence-electron chi connectivity index (χ4n) is 0.238. The van der Waals surface area contributed by atoms with Crippen LogP contribution in [0.15, 0.2) is 0 Å². The SMILES string of the molecule is CN([SH](=O)=O)S(=O)(=O)C(F)(F)F. The van der Waals surface area contributed by atoms with E-state index in [0.717, 1.165) is 0 Å². The minimum absolute atomic E-state index is 0.300. The maximum atomic E-state index is 11.5. The molecular formula is C2H4F3NO4S2. The molecule has 0 amide bonds. The van der Waals surface area contributed by atoms with Crippen LogP contribution in [0.3, 0.4) is 0 Å². The van der Waals surface area contributed by atoms with Gasteiger partial charge in [-0.1, -0.05) is 3.71 Å². The molecule has 0 rings (SSSR count). The summed E-state index contributed by atoms with van der Waals surface area (Å²) in [7, 11) is -9.23. The fraction of sp³-hybridized carbons (Fsp3) is 1.00. The van der Waals surface area contributed by atoms with Crippen LogP contribution in [0.1, 0.15) is 0 Å². The molecule has 0 saturated carbocycles. The quantitative estimate of drug-likeness (QED) is 0.633. The van der Waals surface area contributed by atoms with Gasteiger partial charge in [-0.05, 0) is 0 Å². The lowest BCUT2D eigenvalue weighted by atomic mass is 11.5. The van der Waals surface area contributed by atoms with Gasteiger partial charge in [-0.2, -0.15) is 13.2 Å². The number of rotatable bonds is 2. The van der Waals surface area contributed by atoms with Crippen molar-refractivity contribution in [1.29, 1.82) is 0 Å². The molecule has 0 aliphatic carbocycles. The Hall–Kier alpha value is -0.350. The van der Waals surface area contributed by atoms with Crippen molar-refractivity contribution in [3.05, 3.63) is 0 Å². The minimum Gasteiger partial charge on any atom is -0.214 e. The zero-order chi connectivity index (χ0) is 10.2. The van der Waals surface area contributed by atoms with E-state index in [1.165, 1.54) is 0 Å². The maximum Gasteiger partial charge on any atom is 0.512 e. The molecule has 0 aliphatic heterocycles. The number of sulfonamides is 1. The molecule has 0 aromatic carbocycles. The summed E-state index contributed by atoms with van der Waals surface area (Å²) >= 11 is 0. The molecule has 0 fully saturated rings. The second kappa shape index (κ2) is 3.18. The van der Waals surface area contributed by atoms with Crippen LogP contribution in [0, 0.1) is 0 Å². The summed E-state index contributed by atoms with van der Waals surface area (Å²) in [5.74, 6) is 0. The van der Waals surface area contributed by atoms with Crippen molar-refractivity contribution in [3.63, 3.8) is 0 Å². The van der Waals surface area contributed by atoms with Gasteiger partial charge in [0, 0.05) is 7.05 Å². The van der Waals surface area contributed by atoms with Gasteiger partial charge in [-0.3, -0.25) is 0 Å². The van der Waals surface area contributed by atoms with Gasteiger partial charge in [-0.15, -0.1) is 0 Å². The summed E-state index contributed by atoms with van der Waals surface area (Å²) in [6.45, 7) is 0. The van der Waals surface area contributed by atoms with Crippen molar-refractivity contribution < 1.29 is 30.0 Å². The summed E-state index contributed by atoms with van der Waals surface area (Å²) < 4.78 is 74.1. The van der Waals surface area contributed by atoms with E-state index >= 15 is 0 Å². The van der Waals surface area contributed by atoms with E-state index in [1.807, 2.05) is 0 Å². The molecule has 0 bridgehead atoms. The number of hydrogen-bond acceptors (Lipinski definition) is 4. The summed E-state index contributed by atoms with van der Waals surface area (Å²) in [5.41, 5.74) is -5.59. The normalized spacial score (nSPS) is 14.2. The van der Waals surface area contributed by atoms with Crippen molar-refractivity contribution in [2.45, 2.75) is 5.51 Å². The van der Waals surface area contributed by atoms with Gasteiger partial charge in [0.15, 0.2) is 0 Å². The van der Waals surface area contributed by atoms with Crippen LogP contribution < -0.4 is 0 Å². The average Bonchev–Trinajstić information content (AvgIpc) is 1.83. The van der Waals surface area contributed by atoms with Gasteiger partial charge in [0.25, 0.3) is 0 Å². The molecule has 0 N–H and O–H groups in total. The molecular weight excluding hydrogens is 223 g/mol. The van der Waals surface area contributed by atoms with Crippen molar-refractivity contribution in [1.82, 2.24) is 3.71 Å². The van der Waals surface area contributed by atoms with E-state index in [9.17, 15) is 30.0 Å². The third-order valence-corrected chi connectivity index (χ3v) is 3.66. The standard InChI is InChI=1S/C2H4F3NO4S2/c1-6(11(7)8)12(9,10)2(3,4)5/h11H,1H3. The Balaban J connectivity index is 5.16. The first-order valence-electron chi connectivity index (χ1n) is 2.30. The van der Waals surface area contributed by atoms with E-state index < -0.39 is 30.1 Å². The van der Waals surface area contributed by atoms with Crippen LogP contribution in [-0.4, -0.2) is 33.1 Å². The van der Waals surface area contributed by atoms with Crippen molar-refractivity contribution >= 4 is 20.9 Å². The topological polar surface area (TPSA) is 71.5 Å². The molecule has 0 aromatic rings. The molecule has 0 radical (unpaired) electrons. The Morgan fingerprint density at radius 1 is 1.25 bits per heavy atom. The van der Waals surface area contributed by atoms with E-state index in [0.29, 0.717) is 7.05 Å². The Morgan fingerprint density at radius 3 is 1.67 bits per heavy atom. The van der Waals surface area contributed by atoms with Gasteiger partial charge in [0.2, 0.25) is 10.9 Å². The van der Waals surface area contributed by atoms with Gasteiger partial charge < -0.3 is 0 Å². The molecule has 74 valence electrons. The number of halogens is 3. The molecule has 12 heavy (non-hydrogen) atoms. The third kappa shape index (κ3) is 2.08. The highest BCUT2D eigenvalue weighted by atomic mass is 32.3. The number of nitrogens with zero attached hydrogens (tertiary/aromatic N) is 1. The van der Waals surface area contributed by atoms with Crippen LogP contribution in [0.2, 0.25) is 0 Å². The lowest BCUT2D eigenvalue weighted by Gasteiger charge is -2.11. The highest BCUT2D eigenvalue weighted by molar-refractivity contribution is 7.98. The largest absolute Gasteiger partial charge is 0.512 e. The maximum absolute atomic E-state index is 11.5. The predicted octanol–water partition coefficient (Wildman–Crippen LogP) is -0.706. The lowest BCUT2D eigenvalue weighted by Crippen LogP contribution is -2.37. The fourth-order valence-corrected chi connectivity index (χ4v) is 1.52. The highest BCUT2D eigenvalue weighted by Crippen LogP contribution is 2.25. The number of hydrogen-bond donors (Lipinski definition) is 1. The van der Waals surface area contributed by atoms with Gasteiger partial charge in [-0.25, -0.2) is 16.8 Å². The summed E-state index contributed by atoms with van der Waals surface area (Å²) in [6, 6.07) is 0. The molecule has 0 aromatic heterocycles. The lowest BCUT2D eigenvalue weighted by molar-refractivity contribution is -0.0464. The Kier molecular flexibility index (Phi) is 3.09. The third-order valence-electron chi connectivity index (χ3n) is 0.870. The first-order valence-corrected chi connectivity index (χ1v) is 4.87. The van der Waals surface area contributed by atoms with Crippen molar-refractivity contribution in [2.24, 2.45) is 0 Å². The summed E-state index contributed by atoms with van der Waals surface area (Å²) in [6.07, 6.45) is 0. The second-order valence-corrected chi connectivity index (χ2v) is 4.93. The molecule has 0 atom stereocenters. The monoisotopic (exact) mass is 227 g/mol. The van der Waals surface area contributed by atoms with Crippen molar-refractivity contribution in [2.75, 3.05) is 7.05 Å². The average molecular weight is 227 g/mol. The highest BCUT2D eigenvalue weighted by Gasteiger charge is 2.49. The Bertz CT molecular complexity index is 319. The van der Waals surface area contributed by atoms with Crippen molar-refractivity contribution in [3.8, 4) is 0 Å². The van der Waals surface area contributed by atoms with E-state index in [-0.39, 0.29) is 0 Å². The zero-order valence-corrected chi connectivity index (χ0v) is 7.28. The smallest absolute Gasteiger partial charge is 0.214 e. The van der Waals surface area contributed by atoms with Gasteiger partial charge >= 0.3 is 15.5 Å². The Morgan fingerprint density at radius 2 is 1.58 bits per heavy atom. The van der Waals surface area contributed by atoms with E-state index in [4.69, 9.17) is 0 Å². The van der Waals surface area contributed by atoms with Crippen LogP contribution in [0.5, 0.6) is 0 Å². The number of alkyl halides is 3. The molecule has 10 heteroatoms. The predicted molar refractivity (Wildman–Crippen MR) is 33.1 cm³/mol. The molecule has 0 heterocycles. The molecule has 0 spiro atoms. The summed E-state index contributed by atoms with van der Waals surface area (Å²) in [4.78, 5) is 0. The molecule has 0 unspecified atom stereocenters. The zero-order valence-electron chi connectivity index (χ0n) is 5.57. The van der Waals surface area contributed by atoms with Gasteiger partial charge in [0.05, 0.1) is 0 Å². The van der Waals surface area contributed by atoms with Gasteiger partial charge in [0.1, 0.15) is 0 Å². The van der Waals surface area contributed by atoms with Crippen LogP contribution >= 0.6 is 0 Å². The van der Waals surface area contributed by atoms with Crippen LogP contribution in [0.4, 0.5) is 13.2 Å².